The summed E-state index contributed by atoms with van der Waals surface area (Å²) in [6.07, 6.45) is 3.23. The van der Waals surface area contributed by atoms with Crippen LogP contribution in [0.4, 0.5) is 0 Å². The zero-order chi connectivity index (χ0) is 9.70. The lowest BCUT2D eigenvalue weighted by molar-refractivity contribution is 1.42. The standard InChI is InChI=1S/C5H10N2.2C2H6/c1-5(3-6)4-7-2;2*1-2/h3-4H,6H2,1-2H3;2*1-2H3/b5-3-,7-4?;;. The van der Waals surface area contributed by atoms with Gasteiger partial charge in [-0.05, 0) is 18.7 Å². The Morgan fingerprint density at radius 1 is 1.18 bits per heavy atom. The van der Waals surface area contributed by atoms with Crippen molar-refractivity contribution < 1.29 is 0 Å². The molecular formula is C9H22N2. The predicted molar refractivity (Wildman–Crippen MR) is 55.1 cm³/mol. The zero-order valence-corrected chi connectivity index (χ0v) is 8.68. The highest BCUT2D eigenvalue weighted by Gasteiger charge is 1.71. The molecule has 0 radical (unpaired) electrons. The van der Waals surface area contributed by atoms with Crippen LogP contribution in [0.25, 0.3) is 0 Å². The summed E-state index contributed by atoms with van der Waals surface area (Å²) < 4.78 is 0. The van der Waals surface area contributed by atoms with Gasteiger partial charge in [-0.25, -0.2) is 0 Å². The van der Waals surface area contributed by atoms with Gasteiger partial charge in [-0.1, -0.05) is 27.7 Å². The molecule has 0 aliphatic rings. The third-order valence-electron chi connectivity index (χ3n) is 0.596. The number of aliphatic imine (C=N–C) groups is 1. The van der Waals surface area contributed by atoms with Crippen molar-refractivity contribution in [3.63, 3.8) is 0 Å². The lowest BCUT2D eigenvalue weighted by Gasteiger charge is -1.80. The number of rotatable bonds is 1. The van der Waals surface area contributed by atoms with Crippen LogP contribution in [0, 0.1) is 0 Å². The molecule has 68 valence electrons. The van der Waals surface area contributed by atoms with E-state index in [2.05, 4.69) is 4.99 Å². The molecule has 11 heavy (non-hydrogen) atoms. The molecule has 0 saturated carbocycles. The number of hydrogen-bond acceptors (Lipinski definition) is 2. The summed E-state index contributed by atoms with van der Waals surface area (Å²) >= 11 is 0. The van der Waals surface area contributed by atoms with Crippen LogP contribution in [0.5, 0.6) is 0 Å². The van der Waals surface area contributed by atoms with Crippen LogP contribution in [-0.2, 0) is 0 Å². The van der Waals surface area contributed by atoms with Crippen LogP contribution in [0.1, 0.15) is 34.6 Å². The van der Waals surface area contributed by atoms with Gasteiger partial charge in [0.15, 0.2) is 0 Å². The van der Waals surface area contributed by atoms with Crippen LogP contribution in [0.3, 0.4) is 0 Å². The second-order valence-electron chi connectivity index (χ2n) is 1.30. The summed E-state index contributed by atoms with van der Waals surface area (Å²) in [4.78, 5) is 3.73. The van der Waals surface area contributed by atoms with Gasteiger partial charge in [0.25, 0.3) is 0 Å². The van der Waals surface area contributed by atoms with Gasteiger partial charge in [-0.2, -0.15) is 0 Å². The molecule has 0 aromatic carbocycles. The Balaban J connectivity index is -0.000000138. The van der Waals surface area contributed by atoms with Crippen molar-refractivity contribution in [1.82, 2.24) is 0 Å². The van der Waals surface area contributed by atoms with E-state index in [0.717, 1.165) is 5.57 Å². The van der Waals surface area contributed by atoms with E-state index in [1.165, 1.54) is 6.20 Å². The first-order valence-corrected chi connectivity index (χ1v) is 4.12. The van der Waals surface area contributed by atoms with E-state index in [1.54, 1.807) is 13.3 Å². The third-order valence-corrected chi connectivity index (χ3v) is 0.596. The van der Waals surface area contributed by atoms with E-state index in [-0.39, 0.29) is 0 Å². The summed E-state index contributed by atoms with van der Waals surface area (Å²) in [5.41, 5.74) is 6.09. The van der Waals surface area contributed by atoms with Gasteiger partial charge in [-0.15, -0.1) is 0 Å². The molecule has 2 nitrogen and oxygen atoms in total. The molecule has 0 spiro atoms. The highest BCUT2D eigenvalue weighted by Crippen LogP contribution is 1.79. The van der Waals surface area contributed by atoms with Crippen LogP contribution in [-0.4, -0.2) is 13.3 Å². The highest BCUT2D eigenvalue weighted by atomic mass is 14.6. The molecular weight excluding hydrogens is 136 g/mol. The van der Waals surface area contributed by atoms with Crippen molar-refractivity contribution in [3.8, 4) is 0 Å². The molecule has 0 rings (SSSR count). The number of nitrogens with zero attached hydrogens (tertiary/aromatic N) is 1. The summed E-state index contributed by atoms with van der Waals surface area (Å²) in [5.74, 6) is 0. The zero-order valence-electron chi connectivity index (χ0n) is 8.68. The first-order chi connectivity index (χ1) is 5.31. The van der Waals surface area contributed by atoms with E-state index in [1.807, 2.05) is 34.6 Å². The largest absolute Gasteiger partial charge is 0.404 e. The van der Waals surface area contributed by atoms with E-state index in [9.17, 15) is 0 Å². The Labute approximate surface area is 71.2 Å². The van der Waals surface area contributed by atoms with Gasteiger partial charge in [0, 0.05) is 13.3 Å². The minimum atomic E-state index is 0.988. The van der Waals surface area contributed by atoms with Crippen molar-refractivity contribution in [2.45, 2.75) is 34.6 Å². The fraction of sp³-hybridized carbons (Fsp3) is 0.667. The van der Waals surface area contributed by atoms with Crippen LogP contribution >= 0.6 is 0 Å². The van der Waals surface area contributed by atoms with Crippen molar-refractivity contribution in [2.75, 3.05) is 7.05 Å². The maximum Gasteiger partial charge on any atom is 0.0277 e. The number of nitrogens with two attached hydrogens (primary N) is 1. The second-order valence-corrected chi connectivity index (χ2v) is 1.30. The molecule has 0 atom stereocenters. The first-order valence-electron chi connectivity index (χ1n) is 4.12. The molecule has 0 unspecified atom stereocenters. The lowest BCUT2D eigenvalue weighted by atomic mass is 10.4. The molecule has 2 heteroatoms. The first kappa shape index (κ1) is 16.7. The Morgan fingerprint density at radius 3 is 1.64 bits per heavy atom. The van der Waals surface area contributed by atoms with Crippen molar-refractivity contribution in [1.29, 1.82) is 0 Å². The fourth-order valence-electron chi connectivity index (χ4n) is 0.247. The molecule has 0 saturated heterocycles. The fourth-order valence-corrected chi connectivity index (χ4v) is 0.247. The number of allylic oxidation sites excluding steroid dienone is 1. The molecule has 0 aliphatic carbocycles. The Hall–Kier alpha value is -0.790. The van der Waals surface area contributed by atoms with Gasteiger partial charge in [0.05, 0.1) is 0 Å². The van der Waals surface area contributed by atoms with Gasteiger partial charge < -0.3 is 5.73 Å². The van der Waals surface area contributed by atoms with Gasteiger partial charge in [0.1, 0.15) is 0 Å². The molecule has 2 N–H and O–H groups in total. The van der Waals surface area contributed by atoms with Crippen molar-refractivity contribution in [2.24, 2.45) is 10.7 Å². The van der Waals surface area contributed by atoms with Crippen molar-refractivity contribution >= 4 is 6.21 Å². The third kappa shape index (κ3) is 27.0. The average Bonchev–Trinajstić information content (AvgIpc) is 2.12. The molecule has 0 fully saturated rings. The number of hydrogen-bond donors (Lipinski definition) is 1. The topological polar surface area (TPSA) is 38.4 Å². The highest BCUT2D eigenvalue weighted by molar-refractivity contribution is 5.77. The average molecular weight is 158 g/mol. The normalized spacial score (nSPS) is 9.45. The summed E-state index contributed by atoms with van der Waals surface area (Å²) in [6, 6.07) is 0. The minimum Gasteiger partial charge on any atom is -0.404 e. The molecule has 0 amide bonds. The smallest absolute Gasteiger partial charge is 0.0277 e. The summed E-state index contributed by atoms with van der Waals surface area (Å²) in [6.45, 7) is 9.90. The maximum absolute atomic E-state index is 5.10. The summed E-state index contributed by atoms with van der Waals surface area (Å²) in [5, 5.41) is 0. The molecule has 0 aromatic rings. The van der Waals surface area contributed by atoms with E-state index in [0.29, 0.717) is 0 Å². The molecule has 0 bridgehead atoms. The van der Waals surface area contributed by atoms with E-state index >= 15 is 0 Å². The maximum atomic E-state index is 5.10. The second kappa shape index (κ2) is 22.9. The Bertz CT molecular complexity index is 93.7. The van der Waals surface area contributed by atoms with Gasteiger partial charge >= 0.3 is 0 Å². The lowest BCUT2D eigenvalue weighted by Crippen LogP contribution is -1.83. The Kier molecular flexibility index (Phi) is 34.6. The van der Waals surface area contributed by atoms with Crippen LogP contribution in [0.2, 0.25) is 0 Å². The van der Waals surface area contributed by atoms with Crippen LogP contribution < -0.4 is 5.73 Å². The molecule has 0 aliphatic heterocycles. The van der Waals surface area contributed by atoms with Gasteiger partial charge in [0.2, 0.25) is 0 Å². The van der Waals surface area contributed by atoms with E-state index in [4.69, 9.17) is 5.73 Å². The predicted octanol–water partition coefficient (Wildman–Crippen LogP) is 2.60. The monoisotopic (exact) mass is 158 g/mol. The quantitative estimate of drug-likeness (QED) is 0.585. The minimum absolute atomic E-state index is 0.988. The molecule has 0 heterocycles. The van der Waals surface area contributed by atoms with E-state index < -0.39 is 0 Å². The molecule has 0 aromatic heterocycles. The Morgan fingerprint density at radius 2 is 1.55 bits per heavy atom. The van der Waals surface area contributed by atoms with Crippen molar-refractivity contribution in [3.05, 3.63) is 11.8 Å². The van der Waals surface area contributed by atoms with Gasteiger partial charge in [-0.3, -0.25) is 4.99 Å². The van der Waals surface area contributed by atoms with Crippen LogP contribution in [0.15, 0.2) is 16.8 Å². The summed E-state index contributed by atoms with van der Waals surface area (Å²) in [7, 11) is 1.72. The SMILES string of the molecule is CC.CC.CN=C/C(C)=C\N.